The first-order valence-corrected chi connectivity index (χ1v) is 10.6. The molecule has 0 radical (unpaired) electrons. The van der Waals surface area contributed by atoms with Crippen LogP contribution in [0.15, 0.2) is 24.3 Å². The Morgan fingerprint density at radius 1 is 1.04 bits per heavy atom. The van der Waals surface area contributed by atoms with Crippen molar-refractivity contribution in [1.29, 1.82) is 0 Å². The normalized spacial score (nSPS) is 21.7. The van der Waals surface area contributed by atoms with Crippen molar-refractivity contribution in [3.8, 4) is 0 Å². The maximum Gasteiger partial charge on any atom is 0.251 e. The van der Waals surface area contributed by atoms with Gasteiger partial charge in [0.25, 0.3) is 5.91 Å². The van der Waals surface area contributed by atoms with Crippen LogP contribution in [0.5, 0.6) is 0 Å². The second-order valence-corrected chi connectivity index (χ2v) is 12.8. The molecule has 0 aliphatic carbocycles. The first-order valence-electron chi connectivity index (χ1n) is 8.44. The zero-order valence-electron chi connectivity index (χ0n) is 14.9. The summed E-state index contributed by atoms with van der Waals surface area (Å²) < 4.78 is 20.6. The quantitative estimate of drug-likeness (QED) is 0.610. The smallest absolute Gasteiger partial charge is 0.251 e. The van der Waals surface area contributed by atoms with Crippen LogP contribution in [-0.4, -0.2) is 20.3 Å². The van der Waals surface area contributed by atoms with Crippen LogP contribution in [-0.2, 0) is 9.22 Å². The van der Waals surface area contributed by atoms with E-state index in [0.717, 1.165) is 0 Å². The van der Waals surface area contributed by atoms with E-state index in [-0.39, 0.29) is 17.8 Å². The van der Waals surface area contributed by atoms with Crippen LogP contribution in [0, 0.1) is 5.82 Å². The molecule has 2 atom stereocenters. The first-order chi connectivity index (χ1) is 10.7. The van der Waals surface area contributed by atoms with Gasteiger partial charge in [-0.3, -0.25) is 4.79 Å². The molecule has 1 aromatic rings. The Labute approximate surface area is 139 Å². The topological polar surface area (TPSA) is 38.3 Å². The minimum Gasteiger partial charge on any atom is -0.402 e. The highest BCUT2D eigenvalue weighted by Crippen LogP contribution is 2.45. The summed E-state index contributed by atoms with van der Waals surface area (Å²) in [6.45, 7) is 13.1. The fraction of sp³-hybridized carbons (Fsp3) is 0.611. The van der Waals surface area contributed by atoms with Gasteiger partial charge in [-0.05, 0) is 22.7 Å². The Balaban J connectivity index is 2.32. The first kappa shape index (κ1) is 18.1. The Morgan fingerprint density at radius 3 is 2.00 bits per heavy atom. The number of halogens is 1. The van der Waals surface area contributed by atoms with Gasteiger partial charge in [-0.25, -0.2) is 4.39 Å². The van der Waals surface area contributed by atoms with Gasteiger partial charge in [0.2, 0.25) is 8.32 Å². The van der Waals surface area contributed by atoms with Gasteiger partial charge in [-0.1, -0.05) is 59.7 Å². The van der Waals surface area contributed by atoms with Crippen molar-refractivity contribution < 1.29 is 13.6 Å². The van der Waals surface area contributed by atoms with Crippen molar-refractivity contribution in [3.05, 3.63) is 35.6 Å². The second kappa shape index (κ2) is 6.73. The van der Waals surface area contributed by atoms with Crippen molar-refractivity contribution in [1.82, 2.24) is 5.32 Å². The number of rotatable bonds is 6. The molecule has 1 aromatic carbocycles. The Morgan fingerprint density at radius 2 is 1.57 bits per heavy atom. The highest BCUT2D eigenvalue weighted by molar-refractivity contribution is 6.77. The standard InChI is InChI=1S/C18H28FNO2Si/c1-11(2)23(12(3)4,13(5)6)22-17-16(20-18(17)21)14-9-7-8-10-15(14)19/h7-13,16-17H,1-6H3,(H,20,21)/t16-,17+/m1/s1. The molecule has 1 N–H and O–H groups in total. The number of hydrogen-bond donors (Lipinski definition) is 1. The third kappa shape index (κ3) is 3.09. The summed E-state index contributed by atoms with van der Waals surface area (Å²) in [7, 11) is -2.18. The number of carbonyl (C=O) groups is 1. The third-order valence-corrected chi connectivity index (χ3v) is 11.2. The van der Waals surface area contributed by atoms with Crippen molar-refractivity contribution in [2.24, 2.45) is 0 Å². The van der Waals surface area contributed by atoms with Crippen LogP contribution in [0.4, 0.5) is 4.39 Å². The lowest BCUT2D eigenvalue weighted by Gasteiger charge is -2.48. The Hall–Kier alpha value is -1.20. The van der Waals surface area contributed by atoms with Crippen LogP contribution in [0.25, 0.3) is 0 Å². The molecule has 0 spiro atoms. The van der Waals surface area contributed by atoms with Gasteiger partial charge in [0, 0.05) is 5.56 Å². The van der Waals surface area contributed by atoms with Crippen molar-refractivity contribution in [3.63, 3.8) is 0 Å². The van der Waals surface area contributed by atoms with E-state index in [2.05, 4.69) is 46.9 Å². The predicted molar refractivity (Wildman–Crippen MR) is 93.2 cm³/mol. The number of β-lactam (4-membered cyclic amide) rings is 1. The predicted octanol–water partition coefficient (Wildman–Crippen LogP) is 4.56. The van der Waals surface area contributed by atoms with Crippen LogP contribution in [0.3, 0.4) is 0 Å². The molecule has 1 aliphatic heterocycles. The summed E-state index contributed by atoms with van der Waals surface area (Å²) in [5.74, 6) is -0.422. The fourth-order valence-corrected chi connectivity index (χ4v) is 9.58. The van der Waals surface area contributed by atoms with Gasteiger partial charge in [0.1, 0.15) is 11.9 Å². The van der Waals surface area contributed by atoms with E-state index in [0.29, 0.717) is 22.2 Å². The average molecular weight is 338 g/mol. The van der Waals surface area contributed by atoms with E-state index < -0.39 is 14.4 Å². The molecule has 0 saturated carbocycles. The molecule has 1 fully saturated rings. The molecular formula is C18H28FNO2Si. The van der Waals surface area contributed by atoms with E-state index in [1.807, 2.05) is 0 Å². The molecule has 23 heavy (non-hydrogen) atoms. The van der Waals surface area contributed by atoms with E-state index in [1.165, 1.54) is 6.07 Å². The number of hydrogen-bond acceptors (Lipinski definition) is 2. The molecule has 0 unspecified atom stereocenters. The molecule has 128 valence electrons. The lowest BCUT2D eigenvalue weighted by Crippen LogP contribution is -2.63. The summed E-state index contributed by atoms with van der Waals surface area (Å²) in [4.78, 5) is 12.1. The Bertz CT molecular complexity index is 552. The number of nitrogens with one attached hydrogen (secondary N) is 1. The molecule has 1 heterocycles. The zero-order chi connectivity index (χ0) is 17.4. The van der Waals surface area contributed by atoms with Gasteiger partial charge in [-0.15, -0.1) is 0 Å². The van der Waals surface area contributed by atoms with E-state index >= 15 is 0 Å². The molecule has 0 aromatic heterocycles. The van der Waals surface area contributed by atoms with Crippen molar-refractivity contribution >= 4 is 14.2 Å². The van der Waals surface area contributed by atoms with Crippen LogP contribution >= 0.6 is 0 Å². The fourth-order valence-electron chi connectivity index (χ4n) is 4.08. The summed E-state index contributed by atoms with van der Waals surface area (Å²) >= 11 is 0. The SMILES string of the molecule is CC(C)[Si](O[C@@H]1C(=O)N[C@@H]1c1ccccc1F)(C(C)C)C(C)C. The van der Waals surface area contributed by atoms with Gasteiger partial charge in [-0.2, -0.15) is 0 Å². The van der Waals surface area contributed by atoms with Crippen LogP contribution in [0.2, 0.25) is 16.6 Å². The van der Waals surface area contributed by atoms with E-state index in [1.54, 1.807) is 18.2 Å². The lowest BCUT2D eigenvalue weighted by molar-refractivity contribution is -0.141. The molecule has 1 saturated heterocycles. The largest absolute Gasteiger partial charge is 0.402 e. The highest BCUT2D eigenvalue weighted by atomic mass is 28.4. The number of carbonyl (C=O) groups excluding carboxylic acids is 1. The lowest BCUT2D eigenvalue weighted by atomic mass is 9.94. The average Bonchev–Trinajstić information content (AvgIpc) is 2.45. The van der Waals surface area contributed by atoms with Crippen molar-refractivity contribution in [2.45, 2.75) is 70.3 Å². The van der Waals surface area contributed by atoms with E-state index in [4.69, 9.17) is 4.43 Å². The molecule has 0 bridgehead atoms. The maximum atomic E-state index is 14.1. The van der Waals surface area contributed by atoms with Crippen LogP contribution < -0.4 is 5.32 Å². The molecule has 2 rings (SSSR count). The van der Waals surface area contributed by atoms with Crippen LogP contribution in [0.1, 0.15) is 53.1 Å². The molecule has 1 aliphatic rings. The summed E-state index contributed by atoms with van der Waals surface area (Å²) in [6, 6.07) is 6.21. The molecule has 5 heteroatoms. The van der Waals surface area contributed by atoms with Gasteiger partial charge in [0.05, 0.1) is 6.04 Å². The highest BCUT2D eigenvalue weighted by Gasteiger charge is 2.52. The molecular weight excluding hydrogens is 309 g/mol. The summed E-state index contributed by atoms with van der Waals surface area (Å²) in [5, 5.41) is 2.81. The minimum absolute atomic E-state index is 0.128. The number of benzene rings is 1. The monoisotopic (exact) mass is 337 g/mol. The zero-order valence-corrected chi connectivity index (χ0v) is 15.9. The third-order valence-electron chi connectivity index (χ3n) is 5.14. The summed E-state index contributed by atoms with van der Waals surface area (Å²) in [5.41, 5.74) is 1.67. The van der Waals surface area contributed by atoms with Crippen molar-refractivity contribution in [2.75, 3.05) is 0 Å². The second-order valence-electron chi connectivity index (χ2n) is 7.36. The Kier molecular flexibility index (Phi) is 5.31. The maximum absolute atomic E-state index is 14.1. The molecule has 3 nitrogen and oxygen atoms in total. The minimum atomic E-state index is -2.18. The summed E-state index contributed by atoms with van der Waals surface area (Å²) in [6.07, 6.45) is -0.578. The molecule has 1 amide bonds. The van der Waals surface area contributed by atoms with Gasteiger partial charge in [0.15, 0.2) is 0 Å². The van der Waals surface area contributed by atoms with Gasteiger partial charge < -0.3 is 9.74 Å². The van der Waals surface area contributed by atoms with E-state index in [9.17, 15) is 9.18 Å². The number of amides is 1. The van der Waals surface area contributed by atoms with Gasteiger partial charge >= 0.3 is 0 Å².